The summed E-state index contributed by atoms with van der Waals surface area (Å²) in [5.74, 6) is -0.569. The van der Waals surface area contributed by atoms with Crippen molar-refractivity contribution < 1.29 is 18.7 Å². The van der Waals surface area contributed by atoms with Crippen molar-refractivity contribution in [3.63, 3.8) is 0 Å². The fraction of sp³-hybridized carbons (Fsp3) is 0.550. The molecular weight excluding hydrogens is 377 g/mol. The molecule has 3 aliphatic rings. The molecule has 3 fully saturated rings. The second kappa shape index (κ2) is 7.87. The van der Waals surface area contributed by atoms with E-state index in [1.165, 1.54) is 17.9 Å². The molecule has 0 bridgehead atoms. The summed E-state index contributed by atoms with van der Waals surface area (Å²) < 4.78 is 20.1. The third-order valence-electron chi connectivity index (χ3n) is 5.77. The zero-order valence-electron chi connectivity index (χ0n) is 16.3. The van der Waals surface area contributed by atoms with Crippen LogP contribution in [-0.4, -0.2) is 67.8 Å². The summed E-state index contributed by atoms with van der Waals surface area (Å²) in [6.45, 7) is 4.21. The van der Waals surface area contributed by atoms with E-state index in [0.29, 0.717) is 17.4 Å². The van der Waals surface area contributed by atoms with Crippen molar-refractivity contribution in [1.82, 2.24) is 10.2 Å². The Labute approximate surface area is 168 Å². The van der Waals surface area contributed by atoms with Gasteiger partial charge in [0.1, 0.15) is 18.0 Å². The van der Waals surface area contributed by atoms with Gasteiger partial charge in [-0.3, -0.25) is 14.6 Å². The number of piperidine rings is 1. The highest BCUT2D eigenvalue weighted by atomic mass is 19.1. The largest absolute Gasteiger partial charge is 0.442 e. The van der Waals surface area contributed by atoms with E-state index in [4.69, 9.17) is 10.00 Å². The molecule has 0 aliphatic carbocycles. The van der Waals surface area contributed by atoms with Crippen LogP contribution in [0.5, 0.6) is 0 Å². The summed E-state index contributed by atoms with van der Waals surface area (Å²) in [6, 6.07) is 7.52. The predicted octanol–water partition coefficient (Wildman–Crippen LogP) is 1.46. The first-order valence-electron chi connectivity index (χ1n) is 9.88. The summed E-state index contributed by atoms with van der Waals surface area (Å²) in [6.07, 6.45) is 0.812. The van der Waals surface area contributed by atoms with Gasteiger partial charge in [0.05, 0.1) is 30.5 Å². The number of amides is 2. The first-order chi connectivity index (χ1) is 14.0. The van der Waals surface area contributed by atoms with Crippen LogP contribution in [-0.2, 0) is 9.53 Å². The minimum Gasteiger partial charge on any atom is -0.442 e. The number of hydrogen-bond acceptors (Lipinski definition) is 6. The number of rotatable bonds is 5. The molecular formula is C20H24FN5O3. The second-order valence-electron chi connectivity index (χ2n) is 7.75. The zero-order valence-corrected chi connectivity index (χ0v) is 16.3. The van der Waals surface area contributed by atoms with Gasteiger partial charge in [0.2, 0.25) is 5.91 Å². The molecule has 4 rings (SSSR count). The van der Waals surface area contributed by atoms with E-state index in [9.17, 15) is 14.0 Å². The Morgan fingerprint density at radius 2 is 2.10 bits per heavy atom. The Hall–Kier alpha value is -2.86. The van der Waals surface area contributed by atoms with Gasteiger partial charge in [0.15, 0.2) is 0 Å². The molecule has 2 unspecified atom stereocenters. The lowest BCUT2D eigenvalue weighted by atomic mass is 10.0. The Morgan fingerprint density at radius 1 is 1.34 bits per heavy atom. The van der Waals surface area contributed by atoms with Gasteiger partial charge >= 0.3 is 6.09 Å². The van der Waals surface area contributed by atoms with E-state index in [-0.39, 0.29) is 30.9 Å². The Kier molecular flexibility index (Phi) is 5.28. The Morgan fingerprint density at radius 3 is 2.72 bits per heavy atom. The van der Waals surface area contributed by atoms with Crippen LogP contribution in [0.3, 0.4) is 0 Å². The maximum Gasteiger partial charge on any atom is 0.414 e. The standard InChI is InChI=1S/C20H24FN5O3/c1-13(27)23-10-17-12-26(20(28)29-17)15-2-3-19(18(21)8-15)24-6-4-14(5-7-24)25-11-16(25)9-22/h2-3,8,14,16-17H,4-7,10-12H2,1H3,(H,23,27)/t16?,17-,25?/m0/s1. The maximum absolute atomic E-state index is 14.8. The van der Waals surface area contributed by atoms with Crippen LogP contribution in [0.25, 0.3) is 0 Å². The monoisotopic (exact) mass is 401 g/mol. The predicted molar refractivity (Wildman–Crippen MR) is 104 cm³/mol. The van der Waals surface area contributed by atoms with Gasteiger partial charge in [-0.05, 0) is 31.0 Å². The third-order valence-corrected chi connectivity index (χ3v) is 5.77. The number of nitrogens with one attached hydrogen (secondary N) is 1. The average molecular weight is 401 g/mol. The lowest BCUT2D eigenvalue weighted by Gasteiger charge is -2.34. The number of carbonyl (C=O) groups excluding carboxylic acids is 2. The SMILES string of the molecule is CC(=O)NC[C@H]1CN(c2ccc(N3CCC(N4CC4C#N)CC3)c(F)c2)C(=O)O1. The van der Waals surface area contributed by atoms with Crippen LogP contribution >= 0.6 is 0 Å². The Bertz CT molecular complexity index is 849. The molecule has 1 aromatic carbocycles. The molecule has 0 spiro atoms. The fourth-order valence-electron chi connectivity index (χ4n) is 4.13. The Balaban J connectivity index is 1.37. The molecule has 3 atom stereocenters. The minimum atomic E-state index is -0.543. The van der Waals surface area contributed by atoms with Crippen molar-refractivity contribution in [3.05, 3.63) is 24.0 Å². The van der Waals surface area contributed by atoms with Crippen molar-refractivity contribution in [3.8, 4) is 6.07 Å². The van der Waals surface area contributed by atoms with Gasteiger partial charge in [-0.25, -0.2) is 9.18 Å². The molecule has 0 aromatic heterocycles. The fourth-order valence-corrected chi connectivity index (χ4v) is 4.13. The van der Waals surface area contributed by atoms with Crippen LogP contribution in [0.2, 0.25) is 0 Å². The lowest BCUT2D eigenvalue weighted by Crippen LogP contribution is -2.40. The lowest BCUT2D eigenvalue weighted by molar-refractivity contribution is -0.119. The molecule has 9 heteroatoms. The van der Waals surface area contributed by atoms with Crippen LogP contribution in [0.1, 0.15) is 19.8 Å². The smallest absolute Gasteiger partial charge is 0.414 e. The molecule has 3 aliphatic heterocycles. The van der Waals surface area contributed by atoms with Crippen LogP contribution in [0.15, 0.2) is 18.2 Å². The van der Waals surface area contributed by atoms with E-state index in [2.05, 4.69) is 16.3 Å². The summed E-state index contributed by atoms with van der Waals surface area (Å²) >= 11 is 0. The van der Waals surface area contributed by atoms with Crippen molar-refractivity contribution in [2.75, 3.05) is 42.5 Å². The van der Waals surface area contributed by atoms with E-state index < -0.39 is 12.2 Å². The molecule has 1 aromatic rings. The number of nitriles is 1. The van der Waals surface area contributed by atoms with E-state index in [1.807, 2.05) is 4.90 Å². The van der Waals surface area contributed by atoms with Crippen molar-refractivity contribution in [2.45, 2.75) is 38.0 Å². The van der Waals surface area contributed by atoms with Gasteiger partial charge in [-0.1, -0.05) is 0 Å². The number of ether oxygens (including phenoxy) is 1. The molecule has 2 amide bonds. The van der Waals surface area contributed by atoms with Crippen molar-refractivity contribution in [1.29, 1.82) is 5.26 Å². The second-order valence-corrected chi connectivity index (χ2v) is 7.75. The molecule has 8 nitrogen and oxygen atoms in total. The molecule has 154 valence electrons. The number of anilines is 2. The van der Waals surface area contributed by atoms with Gasteiger partial charge < -0.3 is 15.0 Å². The first-order valence-corrected chi connectivity index (χ1v) is 9.88. The quantitative estimate of drug-likeness (QED) is 0.752. The number of cyclic esters (lactones) is 1. The molecule has 29 heavy (non-hydrogen) atoms. The molecule has 0 radical (unpaired) electrons. The number of carbonyl (C=O) groups is 2. The summed E-state index contributed by atoms with van der Waals surface area (Å²) in [7, 11) is 0. The summed E-state index contributed by atoms with van der Waals surface area (Å²) in [5.41, 5.74) is 0.967. The number of benzene rings is 1. The summed E-state index contributed by atoms with van der Waals surface area (Å²) in [5, 5.41) is 11.6. The number of hydrogen-bond donors (Lipinski definition) is 1. The van der Waals surface area contributed by atoms with Crippen LogP contribution in [0.4, 0.5) is 20.6 Å². The van der Waals surface area contributed by atoms with Gasteiger partial charge in [-0.2, -0.15) is 5.26 Å². The van der Waals surface area contributed by atoms with E-state index in [0.717, 1.165) is 32.5 Å². The topological polar surface area (TPSA) is 88.7 Å². The highest BCUT2D eigenvalue weighted by molar-refractivity contribution is 5.90. The zero-order chi connectivity index (χ0) is 20.5. The van der Waals surface area contributed by atoms with Crippen LogP contribution < -0.4 is 15.1 Å². The molecule has 3 heterocycles. The number of nitrogens with zero attached hydrogens (tertiary/aromatic N) is 4. The van der Waals surface area contributed by atoms with E-state index in [1.54, 1.807) is 12.1 Å². The van der Waals surface area contributed by atoms with Crippen LogP contribution in [0, 0.1) is 17.1 Å². The van der Waals surface area contributed by atoms with Gasteiger partial charge in [0, 0.05) is 32.6 Å². The molecule has 0 saturated carbocycles. The molecule has 3 saturated heterocycles. The minimum absolute atomic E-state index is 0.0530. The average Bonchev–Trinajstić information content (AvgIpc) is 3.41. The highest BCUT2D eigenvalue weighted by Crippen LogP contribution is 2.32. The maximum atomic E-state index is 14.8. The normalized spacial score (nSPS) is 26.8. The van der Waals surface area contributed by atoms with E-state index >= 15 is 0 Å². The van der Waals surface area contributed by atoms with Gasteiger partial charge in [-0.15, -0.1) is 0 Å². The highest BCUT2D eigenvalue weighted by Gasteiger charge is 2.41. The molecule has 1 N–H and O–H groups in total. The summed E-state index contributed by atoms with van der Waals surface area (Å²) in [4.78, 5) is 28.7. The number of halogens is 1. The van der Waals surface area contributed by atoms with Crippen molar-refractivity contribution in [2.24, 2.45) is 0 Å². The van der Waals surface area contributed by atoms with Crippen molar-refractivity contribution >= 4 is 23.4 Å². The van der Waals surface area contributed by atoms with Gasteiger partial charge in [0.25, 0.3) is 0 Å². The third kappa shape index (κ3) is 4.12. The first kappa shape index (κ1) is 19.5.